The summed E-state index contributed by atoms with van der Waals surface area (Å²) in [6.45, 7) is 4.75. The molecule has 0 bridgehead atoms. The number of carbonyl (C=O) groups excluding carboxylic acids is 1. The summed E-state index contributed by atoms with van der Waals surface area (Å²) in [4.78, 5) is 16.3. The average Bonchev–Trinajstić information content (AvgIpc) is 3.55. The van der Waals surface area contributed by atoms with Crippen LogP contribution in [0.25, 0.3) is 16.6 Å². The number of β-amino-alcohol motifs (C(OH)–C–C–N with tert-alkyl or cyclic N) is 1. The maximum Gasteiger partial charge on any atom is 0.261 e. The molecule has 1 aliphatic rings. The van der Waals surface area contributed by atoms with Gasteiger partial charge < -0.3 is 28.9 Å². The van der Waals surface area contributed by atoms with Crippen molar-refractivity contribution in [3.63, 3.8) is 0 Å². The van der Waals surface area contributed by atoms with Crippen molar-refractivity contribution >= 4 is 32.5 Å². The molecule has 10 nitrogen and oxygen atoms in total. The van der Waals surface area contributed by atoms with E-state index in [0.717, 1.165) is 47.0 Å². The second kappa shape index (κ2) is 12.6. The highest BCUT2D eigenvalue weighted by atomic mass is 32.2. The number of anilines is 1. The van der Waals surface area contributed by atoms with Gasteiger partial charge in [0.1, 0.15) is 0 Å². The second-order valence-corrected chi connectivity index (χ2v) is 11.2. The van der Waals surface area contributed by atoms with E-state index in [1.54, 1.807) is 32.4 Å². The lowest BCUT2D eigenvalue weighted by molar-refractivity contribution is -0.127. The molecule has 3 aromatic rings. The van der Waals surface area contributed by atoms with Gasteiger partial charge in [0.25, 0.3) is 10.0 Å². The van der Waals surface area contributed by atoms with Crippen LogP contribution in [0.3, 0.4) is 0 Å². The van der Waals surface area contributed by atoms with Crippen LogP contribution in [-0.4, -0.2) is 88.6 Å². The third-order valence-electron chi connectivity index (χ3n) is 6.86. The van der Waals surface area contributed by atoms with Crippen LogP contribution in [0.4, 0.5) is 5.69 Å². The molecule has 1 aromatic heterocycles. The summed E-state index contributed by atoms with van der Waals surface area (Å²) in [6.07, 6.45) is 4.67. The van der Waals surface area contributed by atoms with E-state index in [0.29, 0.717) is 32.8 Å². The van der Waals surface area contributed by atoms with Crippen LogP contribution >= 0.6 is 0 Å². The zero-order valence-corrected chi connectivity index (χ0v) is 23.4. The molecule has 2 aromatic carbocycles. The molecule has 11 heteroatoms. The van der Waals surface area contributed by atoms with E-state index in [4.69, 9.17) is 9.47 Å². The summed E-state index contributed by atoms with van der Waals surface area (Å²) < 4.78 is 40.7. The molecule has 1 atom stereocenters. The molecule has 1 saturated heterocycles. The lowest BCUT2D eigenvalue weighted by Crippen LogP contribution is -2.35. The van der Waals surface area contributed by atoms with Gasteiger partial charge in [-0.3, -0.25) is 9.52 Å². The number of rotatable bonds is 12. The van der Waals surface area contributed by atoms with Crippen molar-refractivity contribution in [1.29, 1.82) is 0 Å². The monoisotopic (exact) mass is 556 g/mol. The molecule has 1 amide bonds. The van der Waals surface area contributed by atoms with Gasteiger partial charge in [0.05, 0.1) is 29.7 Å². The van der Waals surface area contributed by atoms with Gasteiger partial charge in [-0.2, -0.15) is 0 Å². The Kier molecular flexibility index (Phi) is 9.28. The van der Waals surface area contributed by atoms with Gasteiger partial charge in [-0.15, -0.1) is 0 Å². The Morgan fingerprint density at radius 2 is 1.87 bits per heavy atom. The number of ether oxygens (including phenoxy) is 2. The summed E-state index contributed by atoms with van der Waals surface area (Å²) in [5.41, 5.74) is 3.63. The molecule has 210 valence electrons. The highest BCUT2D eigenvalue weighted by Gasteiger charge is 2.23. The van der Waals surface area contributed by atoms with Crippen LogP contribution < -0.4 is 9.62 Å². The Morgan fingerprint density at radius 1 is 1.13 bits per heavy atom. The number of hydrogen-bond acceptors (Lipinski definition) is 7. The first-order valence-electron chi connectivity index (χ1n) is 12.8. The Morgan fingerprint density at radius 3 is 2.54 bits per heavy atom. The minimum absolute atomic E-state index is 0.0801. The summed E-state index contributed by atoms with van der Waals surface area (Å²) in [6, 6.07) is 13.0. The molecule has 0 saturated carbocycles. The van der Waals surface area contributed by atoms with Crippen LogP contribution in [0.5, 0.6) is 0 Å². The van der Waals surface area contributed by atoms with E-state index in [9.17, 15) is 18.3 Å². The zero-order valence-electron chi connectivity index (χ0n) is 22.5. The van der Waals surface area contributed by atoms with Crippen LogP contribution in [0.15, 0.2) is 65.8 Å². The Bertz CT molecular complexity index is 1430. The van der Waals surface area contributed by atoms with Gasteiger partial charge in [-0.25, -0.2) is 8.42 Å². The van der Waals surface area contributed by atoms with Crippen molar-refractivity contribution in [3.8, 4) is 5.69 Å². The van der Waals surface area contributed by atoms with Gasteiger partial charge in [0.2, 0.25) is 5.91 Å². The largest absolute Gasteiger partial charge is 0.391 e. The number of aryl methyl sites for hydroxylation is 1. The first-order valence-corrected chi connectivity index (χ1v) is 14.3. The third-order valence-corrected chi connectivity index (χ3v) is 8.18. The van der Waals surface area contributed by atoms with Gasteiger partial charge in [0.15, 0.2) is 0 Å². The van der Waals surface area contributed by atoms with E-state index in [1.165, 1.54) is 11.0 Å². The van der Waals surface area contributed by atoms with Gasteiger partial charge >= 0.3 is 0 Å². The predicted molar refractivity (Wildman–Crippen MR) is 151 cm³/mol. The number of carbonyl (C=O) groups is 1. The molecule has 0 spiro atoms. The summed E-state index contributed by atoms with van der Waals surface area (Å²) >= 11 is 0. The van der Waals surface area contributed by atoms with Crippen LogP contribution in [-0.2, 0) is 24.3 Å². The normalized spacial score (nSPS) is 15.9. The van der Waals surface area contributed by atoms with Crippen molar-refractivity contribution in [2.45, 2.75) is 24.3 Å². The fraction of sp³-hybridized carbons (Fsp3) is 0.393. The highest BCUT2D eigenvalue weighted by Crippen LogP contribution is 2.33. The van der Waals surface area contributed by atoms with Crippen LogP contribution in [0.1, 0.15) is 12.0 Å². The minimum atomic E-state index is -3.93. The molecule has 0 aliphatic carbocycles. The number of nitrogens with zero attached hydrogens (tertiary/aromatic N) is 3. The van der Waals surface area contributed by atoms with E-state index >= 15 is 0 Å². The maximum absolute atomic E-state index is 13.1. The number of methoxy groups -OCH3 is 2. The number of aliphatic hydroxyl groups excluding tert-OH is 1. The van der Waals surface area contributed by atoms with Gasteiger partial charge in [-0.1, -0.05) is 12.1 Å². The Balaban J connectivity index is 1.56. The van der Waals surface area contributed by atoms with Crippen LogP contribution in [0, 0.1) is 6.92 Å². The SMILES string of the molecule is COCCN(CCOC)C(=O)C=CNS(=O)(=O)c1ccc(C)c(-n2ccc3c(N4CC[C@H](O)C4)cccc32)c1. The fourth-order valence-corrected chi connectivity index (χ4v) is 5.61. The highest BCUT2D eigenvalue weighted by molar-refractivity contribution is 7.89. The minimum Gasteiger partial charge on any atom is -0.391 e. The number of sulfonamides is 1. The fourth-order valence-electron chi connectivity index (χ4n) is 4.72. The standard InChI is InChI=1S/C28H36N4O6S/c1-21-7-8-23(39(35,36)29-12-9-28(34)30(15-17-37-2)16-18-38-3)19-27(21)32-14-11-24-25(5-4-6-26(24)32)31-13-10-22(33)20-31/h4-9,11-12,14,19,22,29,33H,10,13,15-18,20H2,1-3H3/t22-/m0/s1. The summed E-state index contributed by atoms with van der Waals surface area (Å²) in [7, 11) is -0.835. The average molecular weight is 557 g/mol. The number of aliphatic hydroxyl groups is 1. The van der Waals surface area contributed by atoms with E-state index in [2.05, 4.69) is 9.62 Å². The molecular formula is C28H36N4O6S. The van der Waals surface area contributed by atoms with Crippen molar-refractivity contribution in [2.24, 2.45) is 0 Å². The molecule has 0 unspecified atom stereocenters. The zero-order chi connectivity index (χ0) is 28.0. The van der Waals surface area contributed by atoms with E-state index in [-0.39, 0.29) is 16.9 Å². The lowest BCUT2D eigenvalue weighted by atomic mass is 10.1. The topological polar surface area (TPSA) is 113 Å². The molecule has 0 radical (unpaired) electrons. The number of nitrogens with one attached hydrogen (secondary N) is 1. The number of hydrogen-bond donors (Lipinski definition) is 2. The number of benzene rings is 2. The van der Waals surface area contributed by atoms with Gasteiger partial charge in [-0.05, 0) is 49.2 Å². The van der Waals surface area contributed by atoms with E-state index in [1.807, 2.05) is 42.0 Å². The summed E-state index contributed by atoms with van der Waals surface area (Å²) in [5, 5.41) is 11.0. The number of fused-ring (bicyclic) bond motifs is 1. The lowest BCUT2D eigenvalue weighted by Gasteiger charge is -2.20. The Hall–Kier alpha value is -3.38. The van der Waals surface area contributed by atoms with Crippen molar-refractivity contribution < 1.29 is 27.8 Å². The Labute approximate surface area is 229 Å². The summed E-state index contributed by atoms with van der Waals surface area (Å²) in [5.74, 6) is -0.350. The number of amides is 1. The molecule has 4 rings (SSSR count). The first kappa shape index (κ1) is 28.6. The van der Waals surface area contributed by atoms with Crippen molar-refractivity contribution in [2.75, 3.05) is 58.5 Å². The second-order valence-electron chi connectivity index (χ2n) is 9.50. The molecule has 2 N–H and O–H groups in total. The molecular weight excluding hydrogens is 520 g/mol. The molecule has 2 heterocycles. The number of aromatic nitrogens is 1. The van der Waals surface area contributed by atoms with Crippen LogP contribution in [0.2, 0.25) is 0 Å². The molecule has 39 heavy (non-hydrogen) atoms. The predicted octanol–water partition coefficient (Wildman–Crippen LogP) is 2.42. The van der Waals surface area contributed by atoms with Crippen molar-refractivity contribution in [3.05, 3.63) is 66.5 Å². The smallest absolute Gasteiger partial charge is 0.261 e. The maximum atomic E-state index is 13.1. The first-order chi connectivity index (χ1) is 18.7. The van der Waals surface area contributed by atoms with Crippen molar-refractivity contribution in [1.82, 2.24) is 14.2 Å². The molecule has 1 fully saturated rings. The third kappa shape index (κ3) is 6.62. The quantitative estimate of drug-likeness (QED) is 0.330. The van der Waals surface area contributed by atoms with Gasteiger partial charge in [0, 0.05) is 75.6 Å². The molecule has 1 aliphatic heterocycles. The van der Waals surface area contributed by atoms with E-state index < -0.39 is 10.0 Å².